The number of aliphatic hydroxyl groups is 1. The predicted molar refractivity (Wildman–Crippen MR) is 61.3 cm³/mol. The highest BCUT2D eigenvalue weighted by atomic mass is 17.0. The predicted octanol–water partition coefficient (Wildman–Crippen LogP) is -2.62. The third kappa shape index (κ3) is 3.77. The number of carbonyl (C=O) groups is 2. The van der Waals surface area contributed by atoms with Crippen molar-refractivity contribution in [2.75, 3.05) is 26.4 Å². The number of fused-ring (bicyclic) bond motifs is 1. The molecule has 0 aromatic heterocycles. The molecule has 2 rings (SSSR count). The van der Waals surface area contributed by atoms with Crippen LogP contribution in [-0.4, -0.2) is 72.9 Å². The summed E-state index contributed by atoms with van der Waals surface area (Å²) >= 11 is 0. The summed E-state index contributed by atoms with van der Waals surface area (Å²) in [4.78, 5) is 37.0. The molecule has 0 aromatic carbocycles. The summed E-state index contributed by atoms with van der Waals surface area (Å²) in [5.41, 5.74) is 0. The molecule has 2 N–H and O–H groups in total. The Kier molecular flexibility index (Phi) is 4.88. The van der Waals surface area contributed by atoms with Crippen molar-refractivity contribution >= 4 is 11.9 Å². The molecule has 2 heterocycles. The Morgan fingerprint density at radius 2 is 1.90 bits per heavy atom. The van der Waals surface area contributed by atoms with Crippen LogP contribution in [0, 0.1) is 10.1 Å². The number of nitrogens with one attached hydrogen (secondary N) is 1. The second-order valence-corrected chi connectivity index (χ2v) is 4.43. The highest BCUT2D eigenvalue weighted by molar-refractivity contribution is 5.82. The molecule has 0 radical (unpaired) electrons. The number of esters is 1. The molecule has 0 bridgehead atoms. The summed E-state index contributed by atoms with van der Waals surface area (Å²) in [6, 6.07) is 0. The molecule has 0 spiro atoms. The van der Waals surface area contributed by atoms with E-state index in [2.05, 4.69) is 10.2 Å². The van der Waals surface area contributed by atoms with Crippen molar-refractivity contribution in [3.8, 4) is 0 Å². The van der Waals surface area contributed by atoms with Gasteiger partial charge in [-0.25, -0.2) is 0 Å². The first-order chi connectivity index (χ1) is 10.0. The fourth-order valence-corrected chi connectivity index (χ4v) is 2.17. The second-order valence-electron chi connectivity index (χ2n) is 4.43. The van der Waals surface area contributed by atoms with Crippen LogP contribution < -0.4 is 5.32 Å². The number of ether oxygens (including phenoxy) is 3. The van der Waals surface area contributed by atoms with E-state index in [4.69, 9.17) is 19.3 Å². The van der Waals surface area contributed by atoms with Gasteiger partial charge in [0.2, 0.25) is 5.91 Å². The van der Waals surface area contributed by atoms with Gasteiger partial charge in [0.25, 0.3) is 5.09 Å². The number of nitrogens with zero attached hydrogens (tertiary/aromatic N) is 1. The highest BCUT2D eigenvalue weighted by Gasteiger charge is 2.51. The van der Waals surface area contributed by atoms with Gasteiger partial charge < -0.3 is 29.5 Å². The van der Waals surface area contributed by atoms with Crippen molar-refractivity contribution in [2.45, 2.75) is 24.4 Å². The zero-order valence-electron chi connectivity index (χ0n) is 10.8. The quantitative estimate of drug-likeness (QED) is 0.306. The third-order valence-corrected chi connectivity index (χ3v) is 3.04. The molecule has 2 fully saturated rings. The molecule has 2 aliphatic heterocycles. The molecule has 1 amide bonds. The molecular weight excluding hydrogens is 292 g/mol. The Hall–Kier alpha value is -1.98. The fraction of sp³-hybridized carbons (Fsp3) is 0.800. The van der Waals surface area contributed by atoms with E-state index in [-0.39, 0.29) is 13.2 Å². The second kappa shape index (κ2) is 6.65. The Morgan fingerprint density at radius 1 is 1.29 bits per heavy atom. The van der Waals surface area contributed by atoms with E-state index in [1.165, 1.54) is 0 Å². The van der Waals surface area contributed by atoms with E-state index in [1.54, 1.807) is 0 Å². The Morgan fingerprint density at radius 3 is 2.52 bits per heavy atom. The van der Waals surface area contributed by atoms with Crippen LogP contribution in [0.25, 0.3) is 0 Å². The number of carbonyl (C=O) groups excluding carboxylic acids is 2. The van der Waals surface area contributed by atoms with Crippen LogP contribution in [-0.2, 0) is 28.6 Å². The van der Waals surface area contributed by atoms with Crippen molar-refractivity contribution in [3.05, 3.63) is 10.1 Å². The Labute approximate surface area is 118 Å². The van der Waals surface area contributed by atoms with Crippen LogP contribution in [0.15, 0.2) is 0 Å². The van der Waals surface area contributed by atoms with Crippen LogP contribution in [0.5, 0.6) is 0 Å². The number of hydrogen-bond donors (Lipinski definition) is 2. The molecule has 2 saturated heterocycles. The molecule has 0 unspecified atom stereocenters. The summed E-state index contributed by atoms with van der Waals surface area (Å²) in [5.74, 6) is -1.43. The van der Waals surface area contributed by atoms with E-state index < -0.39 is 54.5 Å². The van der Waals surface area contributed by atoms with Gasteiger partial charge in [0, 0.05) is 0 Å². The van der Waals surface area contributed by atoms with Crippen molar-refractivity contribution in [3.63, 3.8) is 0 Å². The van der Waals surface area contributed by atoms with Crippen molar-refractivity contribution in [1.29, 1.82) is 0 Å². The summed E-state index contributed by atoms with van der Waals surface area (Å²) < 4.78 is 15.6. The van der Waals surface area contributed by atoms with Gasteiger partial charge in [-0.05, 0) is 0 Å². The molecule has 11 heteroatoms. The molecule has 4 atom stereocenters. The molecule has 0 aromatic rings. The largest absolute Gasteiger partial charge is 0.456 e. The van der Waals surface area contributed by atoms with Gasteiger partial charge in [0.15, 0.2) is 12.2 Å². The maximum atomic E-state index is 11.5. The normalized spacial score (nSPS) is 30.5. The minimum absolute atomic E-state index is 0.0204. The van der Waals surface area contributed by atoms with E-state index >= 15 is 0 Å². The molecule has 11 nitrogen and oxygen atoms in total. The van der Waals surface area contributed by atoms with Crippen LogP contribution >= 0.6 is 0 Å². The molecular formula is C10H14N2O9. The fourth-order valence-electron chi connectivity index (χ4n) is 2.17. The zero-order valence-corrected chi connectivity index (χ0v) is 10.8. The van der Waals surface area contributed by atoms with E-state index in [1.807, 2.05) is 0 Å². The molecule has 21 heavy (non-hydrogen) atoms. The maximum absolute atomic E-state index is 11.5. The monoisotopic (exact) mass is 306 g/mol. The topological polar surface area (TPSA) is 146 Å². The molecule has 118 valence electrons. The lowest BCUT2D eigenvalue weighted by atomic mass is 10.1. The smallest absolute Gasteiger partial charge is 0.325 e. The van der Waals surface area contributed by atoms with Crippen molar-refractivity contribution < 1.29 is 38.8 Å². The number of amides is 1. The van der Waals surface area contributed by atoms with E-state index in [0.717, 1.165) is 0 Å². The summed E-state index contributed by atoms with van der Waals surface area (Å²) in [5, 5.41) is 20.0. The first-order valence-corrected chi connectivity index (χ1v) is 6.12. The van der Waals surface area contributed by atoms with Crippen LogP contribution in [0.1, 0.15) is 0 Å². The molecule has 0 aliphatic carbocycles. The minimum atomic E-state index is -0.927. The SMILES string of the molecule is O=C(CO)NCC(=O)O[C@H]1CO[C@H]2[C@@H]1OC[C@H]2O[N+](=O)[O-]. The van der Waals surface area contributed by atoms with Crippen LogP contribution in [0.4, 0.5) is 0 Å². The van der Waals surface area contributed by atoms with Gasteiger partial charge in [-0.15, -0.1) is 10.1 Å². The maximum Gasteiger partial charge on any atom is 0.325 e. The van der Waals surface area contributed by atoms with E-state index in [0.29, 0.717) is 0 Å². The van der Waals surface area contributed by atoms with Gasteiger partial charge in [-0.3, -0.25) is 9.59 Å². The van der Waals surface area contributed by atoms with Gasteiger partial charge in [-0.1, -0.05) is 0 Å². The molecule has 0 saturated carbocycles. The average Bonchev–Trinajstić information content (AvgIpc) is 3.00. The molecule has 2 aliphatic rings. The standard InChI is InChI=1S/C10H14N2O9/c13-2-7(14)11-1-8(15)20-5-3-18-10-6(21-12(16)17)4-19-9(5)10/h5-6,9-10,13H,1-4H2,(H,11,14)/t5-,6+,9+,10+/m0/s1. The summed E-state index contributed by atoms with van der Waals surface area (Å²) in [6.45, 7) is -1.14. The van der Waals surface area contributed by atoms with Gasteiger partial charge in [0.1, 0.15) is 25.4 Å². The van der Waals surface area contributed by atoms with Gasteiger partial charge in [-0.2, -0.15) is 0 Å². The third-order valence-electron chi connectivity index (χ3n) is 3.04. The number of aliphatic hydroxyl groups excluding tert-OH is 1. The highest BCUT2D eigenvalue weighted by Crippen LogP contribution is 2.30. The van der Waals surface area contributed by atoms with Crippen molar-refractivity contribution in [1.82, 2.24) is 5.32 Å². The van der Waals surface area contributed by atoms with Gasteiger partial charge >= 0.3 is 5.97 Å². The lowest BCUT2D eigenvalue weighted by molar-refractivity contribution is -0.769. The van der Waals surface area contributed by atoms with E-state index in [9.17, 15) is 19.7 Å². The number of hydrogen-bond acceptors (Lipinski definition) is 9. The van der Waals surface area contributed by atoms with Crippen LogP contribution in [0.2, 0.25) is 0 Å². The first-order valence-electron chi connectivity index (χ1n) is 6.12. The first kappa shape index (κ1) is 15.4. The number of rotatable bonds is 6. The van der Waals surface area contributed by atoms with Crippen molar-refractivity contribution in [2.24, 2.45) is 0 Å². The average molecular weight is 306 g/mol. The summed E-state index contributed by atoms with van der Waals surface area (Å²) in [7, 11) is 0. The zero-order chi connectivity index (χ0) is 15.4. The Balaban J connectivity index is 1.80. The lowest BCUT2D eigenvalue weighted by Gasteiger charge is -2.16. The summed E-state index contributed by atoms with van der Waals surface area (Å²) in [6.07, 6.45) is -2.91. The minimum Gasteiger partial charge on any atom is -0.456 e. The van der Waals surface area contributed by atoms with Crippen LogP contribution in [0.3, 0.4) is 0 Å². The Bertz CT molecular complexity index is 429. The van der Waals surface area contributed by atoms with Gasteiger partial charge in [0.05, 0.1) is 13.2 Å². The lowest BCUT2D eigenvalue weighted by Crippen LogP contribution is -2.38.